The number of phenolic OH excluding ortho intramolecular Hbond substituents is 2. The molecule has 3 heteroatoms. The van der Waals surface area contributed by atoms with Crippen LogP contribution in [0.15, 0.2) is 109 Å². The summed E-state index contributed by atoms with van der Waals surface area (Å²) < 4.78 is 0. The van der Waals surface area contributed by atoms with Gasteiger partial charge in [0.15, 0.2) is 0 Å². The van der Waals surface area contributed by atoms with E-state index in [1.165, 1.54) is 0 Å². The zero-order valence-corrected chi connectivity index (χ0v) is 23.2. The molecule has 0 amide bonds. The Kier molecular flexibility index (Phi) is 14.3. The van der Waals surface area contributed by atoms with E-state index in [0.29, 0.717) is 11.5 Å². The Morgan fingerprint density at radius 3 is 0.909 bits per heavy atom. The summed E-state index contributed by atoms with van der Waals surface area (Å²) in [5.74, 6) is 0.778. The Bertz CT molecular complexity index is 841. The van der Waals surface area contributed by atoms with Gasteiger partial charge in [-0.15, -0.1) is 0 Å². The van der Waals surface area contributed by atoms with E-state index in [4.69, 9.17) is 0 Å². The van der Waals surface area contributed by atoms with Crippen molar-refractivity contribution in [3.63, 3.8) is 0 Å². The van der Waals surface area contributed by atoms with Crippen LogP contribution < -0.4 is 0 Å². The molecule has 0 aliphatic rings. The number of hydrogen-bond acceptors (Lipinski definition) is 2. The molecule has 174 valence electrons. The van der Waals surface area contributed by atoms with Gasteiger partial charge >= 0.3 is 26.2 Å². The third-order valence-corrected chi connectivity index (χ3v) is 4.54. The van der Waals surface area contributed by atoms with E-state index in [1.54, 1.807) is 12.1 Å². The first kappa shape index (κ1) is 30.6. The molecule has 0 unspecified atom stereocenters. The predicted octanol–water partition coefficient (Wildman–Crippen LogP) is 8.19. The SMILES string of the molecule is CC(C)(C)c1ccccc1O.CC(C)(C)c1ccccc1O.[Zr+2].c1cc[cH-]c1.c1cc[cH-]c1. The number of phenols is 2. The molecule has 0 fully saturated rings. The number of hydrogen-bond donors (Lipinski definition) is 2. The van der Waals surface area contributed by atoms with Gasteiger partial charge in [0, 0.05) is 0 Å². The van der Waals surface area contributed by atoms with Gasteiger partial charge in [0.05, 0.1) is 0 Å². The van der Waals surface area contributed by atoms with Crippen molar-refractivity contribution in [2.45, 2.75) is 52.4 Å². The molecule has 4 aromatic rings. The maximum absolute atomic E-state index is 9.45. The van der Waals surface area contributed by atoms with Gasteiger partial charge in [-0.25, -0.2) is 24.3 Å². The third-order valence-electron chi connectivity index (χ3n) is 4.54. The summed E-state index contributed by atoms with van der Waals surface area (Å²) in [6.45, 7) is 12.5. The van der Waals surface area contributed by atoms with E-state index in [9.17, 15) is 10.2 Å². The third kappa shape index (κ3) is 13.0. The molecule has 0 spiro atoms. The van der Waals surface area contributed by atoms with Crippen LogP contribution >= 0.6 is 0 Å². The smallest absolute Gasteiger partial charge is 0.508 e. The Balaban J connectivity index is 0.000000434. The first-order valence-electron chi connectivity index (χ1n) is 10.9. The van der Waals surface area contributed by atoms with Crippen molar-refractivity contribution in [1.29, 1.82) is 0 Å². The Morgan fingerprint density at radius 1 is 0.485 bits per heavy atom. The number of rotatable bonds is 0. The van der Waals surface area contributed by atoms with E-state index < -0.39 is 0 Å². The standard InChI is InChI=1S/2C10H14O.2C5H5.Zr/c2*1-10(2,3)8-6-4-5-7-9(8)11;2*1-2-4-5-3-1;/h2*4-7,11H,1-3H3;2*1-5H;/q;;2*-1;+2. The molecule has 0 aromatic heterocycles. The minimum atomic E-state index is 0. The monoisotopic (exact) mass is 520 g/mol. The van der Waals surface area contributed by atoms with E-state index in [-0.39, 0.29) is 37.0 Å². The molecular formula is C30H38O2Zr. The van der Waals surface area contributed by atoms with Gasteiger partial charge < -0.3 is 10.2 Å². The topological polar surface area (TPSA) is 40.5 Å². The summed E-state index contributed by atoms with van der Waals surface area (Å²) in [5, 5.41) is 18.9. The van der Waals surface area contributed by atoms with E-state index in [2.05, 4.69) is 41.5 Å². The maximum atomic E-state index is 9.45. The van der Waals surface area contributed by atoms with Crippen LogP contribution in [0.1, 0.15) is 52.7 Å². The van der Waals surface area contributed by atoms with Crippen LogP contribution in [0, 0.1) is 0 Å². The largest absolute Gasteiger partial charge is 2.00 e. The van der Waals surface area contributed by atoms with Gasteiger partial charge in [0.1, 0.15) is 11.5 Å². The molecule has 0 aliphatic heterocycles. The molecule has 2 N–H and O–H groups in total. The second-order valence-corrected chi connectivity index (χ2v) is 9.46. The maximum Gasteiger partial charge on any atom is 2.00 e. The summed E-state index contributed by atoms with van der Waals surface area (Å²) in [6, 6.07) is 34.9. The fraction of sp³-hybridized carbons (Fsp3) is 0.267. The van der Waals surface area contributed by atoms with Gasteiger partial charge in [0.2, 0.25) is 0 Å². The van der Waals surface area contributed by atoms with Gasteiger partial charge in [0.25, 0.3) is 0 Å². The normalized spacial score (nSPS) is 10.1. The molecule has 0 heterocycles. The summed E-state index contributed by atoms with van der Waals surface area (Å²) in [4.78, 5) is 0. The van der Waals surface area contributed by atoms with Crippen molar-refractivity contribution in [3.8, 4) is 11.5 Å². The summed E-state index contributed by atoms with van der Waals surface area (Å²) in [6.07, 6.45) is 0. The van der Waals surface area contributed by atoms with Crippen molar-refractivity contribution in [1.82, 2.24) is 0 Å². The van der Waals surface area contributed by atoms with Crippen molar-refractivity contribution >= 4 is 0 Å². The fourth-order valence-electron chi connectivity index (χ4n) is 2.86. The molecule has 0 atom stereocenters. The first-order valence-corrected chi connectivity index (χ1v) is 10.9. The summed E-state index contributed by atoms with van der Waals surface area (Å²) >= 11 is 0. The van der Waals surface area contributed by atoms with Crippen LogP contribution in [-0.4, -0.2) is 10.2 Å². The second-order valence-electron chi connectivity index (χ2n) is 9.46. The average Bonchev–Trinajstić information content (AvgIpc) is 3.46. The molecule has 0 saturated heterocycles. The van der Waals surface area contributed by atoms with Crippen LogP contribution in [0.2, 0.25) is 0 Å². The molecule has 0 bridgehead atoms. The van der Waals surface area contributed by atoms with Crippen LogP contribution in [0.3, 0.4) is 0 Å². The Morgan fingerprint density at radius 2 is 0.758 bits per heavy atom. The molecule has 2 nitrogen and oxygen atoms in total. The van der Waals surface area contributed by atoms with Crippen molar-refractivity contribution < 1.29 is 36.4 Å². The molecule has 0 aliphatic carbocycles. The first-order chi connectivity index (χ1) is 15.0. The van der Waals surface area contributed by atoms with Crippen molar-refractivity contribution in [2.24, 2.45) is 0 Å². The van der Waals surface area contributed by atoms with Gasteiger partial charge in [-0.2, -0.15) is 36.4 Å². The van der Waals surface area contributed by atoms with Crippen LogP contribution in [-0.2, 0) is 37.0 Å². The Hall–Kier alpha value is -2.38. The molecule has 4 aromatic carbocycles. The predicted molar refractivity (Wildman–Crippen MR) is 138 cm³/mol. The fourth-order valence-corrected chi connectivity index (χ4v) is 2.86. The number of aromatic hydroxyl groups is 2. The molecule has 4 rings (SSSR count). The molecule has 33 heavy (non-hydrogen) atoms. The number of para-hydroxylation sites is 2. The minimum Gasteiger partial charge on any atom is -0.508 e. The summed E-state index contributed by atoms with van der Waals surface area (Å²) in [5.41, 5.74) is 2.07. The summed E-state index contributed by atoms with van der Waals surface area (Å²) in [7, 11) is 0. The van der Waals surface area contributed by atoms with Crippen molar-refractivity contribution in [3.05, 3.63) is 120 Å². The molecule has 0 radical (unpaired) electrons. The Labute approximate surface area is 219 Å². The van der Waals surface area contributed by atoms with Gasteiger partial charge in [-0.3, -0.25) is 0 Å². The van der Waals surface area contributed by atoms with E-state index in [0.717, 1.165) is 11.1 Å². The van der Waals surface area contributed by atoms with Crippen molar-refractivity contribution in [2.75, 3.05) is 0 Å². The number of benzene rings is 2. The minimum absolute atomic E-state index is 0. The van der Waals surface area contributed by atoms with Crippen LogP contribution in [0.4, 0.5) is 0 Å². The van der Waals surface area contributed by atoms with Gasteiger partial charge in [-0.05, 0) is 34.1 Å². The molecular weight excluding hydrogens is 484 g/mol. The second kappa shape index (κ2) is 15.5. The van der Waals surface area contributed by atoms with Crippen LogP contribution in [0.5, 0.6) is 11.5 Å². The zero-order chi connectivity index (χ0) is 24.0. The zero-order valence-electron chi connectivity index (χ0n) is 20.8. The quantitative estimate of drug-likeness (QED) is 0.229. The molecule has 0 saturated carbocycles. The average molecular weight is 522 g/mol. The van der Waals surface area contributed by atoms with Crippen LogP contribution in [0.25, 0.3) is 0 Å². The van der Waals surface area contributed by atoms with Gasteiger partial charge in [-0.1, -0.05) is 77.9 Å². The van der Waals surface area contributed by atoms with E-state index in [1.807, 2.05) is 97.1 Å². The van der Waals surface area contributed by atoms with E-state index >= 15 is 0 Å².